The van der Waals surface area contributed by atoms with Crippen molar-refractivity contribution in [1.29, 1.82) is 0 Å². The van der Waals surface area contributed by atoms with Crippen LogP contribution in [0.5, 0.6) is 5.75 Å². The van der Waals surface area contributed by atoms with E-state index in [9.17, 15) is 24.3 Å². The number of nitrogens with zero attached hydrogens (tertiary/aromatic N) is 1. The van der Waals surface area contributed by atoms with Crippen molar-refractivity contribution in [2.75, 3.05) is 26.2 Å². The first kappa shape index (κ1) is 27.6. The molecule has 2 fully saturated rings. The van der Waals surface area contributed by atoms with Crippen LogP contribution in [0.1, 0.15) is 57.1 Å². The summed E-state index contributed by atoms with van der Waals surface area (Å²) in [6.45, 7) is 5.80. The number of likely N-dealkylation sites (tertiary alicyclic amines) is 1. The van der Waals surface area contributed by atoms with Gasteiger partial charge in [-0.1, -0.05) is 19.8 Å². The van der Waals surface area contributed by atoms with Crippen molar-refractivity contribution in [2.45, 2.75) is 71.0 Å². The second kappa shape index (κ2) is 11.6. The molecule has 2 aliphatic rings. The lowest BCUT2D eigenvalue weighted by atomic mass is 9.71. The molecule has 1 saturated heterocycles. The van der Waals surface area contributed by atoms with Gasteiger partial charge in [0.2, 0.25) is 11.8 Å². The van der Waals surface area contributed by atoms with Crippen LogP contribution in [-0.2, 0) is 20.8 Å². The SMILES string of the molecule is CCc1cc(=O)oc2c(C)c(OC(C)C(=O)NCC(=O)NCC(=O)N3CCC4(O)CCCCC4C3)ccc12. The molecular weight excluding hydrogens is 490 g/mol. The zero-order valence-corrected chi connectivity index (χ0v) is 22.3. The van der Waals surface area contributed by atoms with Gasteiger partial charge < -0.3 is 29.8 Å². The number of aliphatic hydroxyl groups is 1. The van der Waals surface area contributed by atoms with Crippen molar-refractivity contribution in [3.63, 3.8) is 0 Å². The third-order valence-electron chi connectivity index (χ3n) is 7.89. The Kier molecular flexibility index (Phi) is 8.40. The molecule has 3 unspecified atom stereocenters. The number of carbonyl (C=O) groups excluding carboxylic acids is 3. The van der Waals surface area contributed by atoms with Gasteiger partial charge in [-0.15, -0.1) is 0 Å². The number of benzene rings is 1. The van der Waals surface area contributed by atoms with Crippen LogP contribution in [0.25, 0.3) is 11.0 Å². The van der Waals surface area contributed by atoms with E-state index in [1.807, 2.05) is 6.92 Å². The van der Waals surface area contributed by atoms with Gasteiger partial charge in [0.1, 0.15) is 11.3 Å². The van der Waals surface area contributed by atoms with Crippen LogP contribution in [0, 0.1) is 12.8 Å². The topological polar surface area (TPSA) is 138 Å². The number of aryl methyl sites for hydroxylation is 2. The fraction of sp³-hybridized carbons (Fsp3) is 0.571. The summed E-state index contributed by atoms with van der Waals surface area (Å²) < 4.78 is 11.2. The number of fused-ring (bicyclic) bond motifs is 2. The highest BCUT2D eigenvalue weighted by molar-refractivity contribution is 5.89. The second-order valence-corrected chi connectivity index (χ2v) is 10.4. The minimum absolute atomic E-state index is 0.0846. The summed E-state index contributed by atoms with van der Waals surface area (Å²) in [4.78, 5) is 51.0. The lowest BCUT2D eigenvalue weighted by Crippen LogP contribution is -2.56. The molecule has 10 nitrogen and oxygen atoms in total. The smallest absolute Gasteiger partial charge is 0.336 e. The van der Waals surface area contributed by atoms with Crippen molar-refractivity contribution in [2.24, 2.45) is 5.92 Å². The summed E-state index contributed by atoms with van der Waals surface area (Å²) in [5.74, 6) is -0.693. The first-order valence-corrected chi connectivity index (χ1v) is 13.4. The van der Waals surface area contributed by atoms with E-state index in [1.54, 1.807) is 30.9 Å². The van der Waals surface area contributed by atoms with Gasteiger partial charge >= 0.3 is 5.63 Å². The standard InChI is InChI=1S/C28H37N3O7/c1-4-19-13-25(34)38-26-17(2)22(9-8-21(19)26)37-18(3)27(35)30-14-23(32)29-15-24(33)31-12-11-28(36)10-6-5-7-20(28)16-31/h8-9,13,18,20,36H,4-7,10-12,14-16H2,1-3H3,(H,29,32)(H,30,35). The van der Waals surface area contributed by atoms with Gasteiger partial charge in [-0.25, -0.2) is 4.79 Å². The summed E-state index contributed by atoms with van der Waals surface area (Å²) in [6.07, 6.45) is 4.10. The van der Waals surface area contributed by atoms with Gasteiger partial charge in [0.05, 0.1) is 18.7 Å². The van der Waals surface area contributed by atoms with Gasteiger partial charge in [-0.05, 0) is 57.2 Å². The molecule has 3 amide bonds. The maximum atomic E-state index is 12.6. The van der Waals surface area contributed by atoms with Gasteiger partial charge in [0.25, 0.3) is 5.91 Å². The average molecular weight is 528 g/mol. The highest BCUT2D eigenvalue weighted by Gasteiger charge is 2.43. The van der Waals surface area contributed by atoms with Crippen LogP contribution in [0.3, 0.4) is 0 Å². The second-order valence-electron chi connectivity index (χ2n) is 10.4. The van der Waals surface area contributed by atoms with E-state index in [4.69, 9.17) is 9.15 Å². The number of piperidine rings is 1. The minimum atomic E-state index is -0.913. The molecule has 1 aromatic carbocycles. The van der Waals surface area contributed by atoms with Crippen molar-refractivity contribution < 1.29 is 28.6 Å². The van der Waals surface area contributed by atoms with Crippen LogP contribution in [0.2, 0.25) is 0 Å². The number of hydrogen-bond acceptors (Lipinski definition) is 7. The van der Waals surface area contributed by atoms with Crippen molar-refractivity contribution in [1.82, 2.24) is 15.5 Å². The van der Waals surface area contributed by atoms with E-state index in [0.717, 1.165) is 36.6 Å². The molecular formula is C28H37N3O7. The zero-order chi connectivity index (χ0) is 27.4. The van der Waals surface area contributed by atoms with Gasteiger partial charge in [-0.3, -0.25) is 14.4 Å². The van der Waals surface area contributed by atoms with E-state index in [-0.39, 0.29) is 24.9 Å². The maximum absolute atomic E-state index is 12.6. The van der Waals surface area contributed by atoms with Crippen LogP contribution in [-0.4, -0.2) is 65.6 Å². The zero-order valence-electron chi connectivity index (χ0n) is 22.3. The Balaban J connectivity index is 1.24. The summed E-state index contributed by atoms with van der Waals surface area (Å²) >= 11 is 0. The minimum Gasteiger partial charge on any atom is -0.480 e. The molecule has 3 N–H and O–H groups in total. The third kappa shape index (κ3) is 6.01. The molecule has 2 aromatic rings. The largest absolute Gasteiger partial charge is 0.480 e. The van der Waals surface area contributed by atoms with E-state index in [0.29, 0.717) is 42.8 Å². The molecule has 1 aromatic heterocycles. The van der Waals surface area contributed by atoms with Crippen LogP contribution in [0.4, 0.5) is 0 Å². The highest BCUT2D eigenvalue weighted by atomic mass is 16.5. The van der Waals surface area contributed by atoms with Gasteiger partial charge in [0, 0.05) is 36.0 Å². The molecule has 1 aliphatic heterocycles. The number of hydrogen-bond donors (Lipinski definition) is 3. The number of ether oxygens (including phenoxy) is 1. The molecule has 10 heteroatoms. The molecule has 0 spiro atoms. The van der Waals surface area contributed by atoms with Gasteiger partial charge in [0.15, 0.2) is 6.10 Å². The fourth-order valence-corrected chi connectivity index (χ4v) is 5.53. The molecule has 2 heterocycles. The predicted molar refractivity (Wildman–Crippen MR) is 141 cm³/mol. The van der Waals surface area contributed by atoms with E-state index < -0.39 is 29.1 Å². The lowest BCUT2D eigenvalue weighted by molar-refractivity contribution is -0.143. The molecule has 1 aliphatic carbocycles. The van der Waals surface area contributed by atoms with Crippen molar-refractivity contribution in [3.05, 3.63) is 39.7 Å². The Morgan fingerprint density at radius 1 is 1.21 bits per heavy atom. The average Bonchev–Trinajstić information content (AvgIpc) is 2.90. The molecule has 0 radical (unpaired) electrons. The summed E-state index contributed by atoms with van der Waals surface area (Å²) in [7, 11) is 0. The first-order valence-electron chi connectivity index (χ1n) is 13.4. The number of carbonyl (C=O) groups is 3. The van der Waals surface area contributed by atoms with Crippen molar-refractivity contribution >= 4 is 28.7 Å². The maximum Gasteiger partial charge on any atom is 0.336 e. The normalized spacial score (nSPS) is 21.9. The Morgan fingerprint density at radius 2 is 2.00 bits per heavy atom. The molecule has 3 atom stereocenters. The predicted octanol–water partition coefficient (Wildman–Crippen LogP) is 1.82. The highest BCUT2D eigenvalue weighted by Crippen LogP contribution is 2.39. The van der Waals surface area contributed by atoms with Crippen LogP contribution in [0.15, 0.2) is 27.4 Å². The Hall–Kier alpha value is -3.40. The lowest BCUT2D eigenvalue weighted by Gasteiger charge is -2.47. The third-order valence-corrected chi connectivity index (χ3v) is 7.89. The van der Waals surface area contributed by atoms with Crippen LogP contribution >= 0.6 is 0 Å². The summed E-state index contributed by atoms with van der Waals surface area (Å²) in [6, 6.07) is 5.00. The van der Waals surface area contributed by atoms with Crippen LogP contribution < -0.4 is 21.0 Å². The fourth-order valence-electron chi connectivity index (χ4n) is 5.53. The number of rotatable bonds is 8. The first-order chi connectivity index (χ1) is 18.1. The number of amides is 3. The van der Waals surface area contributed by atoms with E-state index >= 15 is 0 Å². The quantitative estimate of drug-likeness (QED) is 0.445. The monoisotopic (exact) mass is 527 g/mol. The molecule has 0 bridgehead atoms. The molecule has 1 saturated carbocycles. The Bertz CT molecular complexity index is 1270. The molecule has 206 valence electrons. The molecule has 38 heavy (non-hydrogen) atoms. The molecule has 4 rings (SSSR count). The van der Waals surface area contributed by atoms with E-state index in [1.165, 1.54) is 6.07 Å². The Morgan fingerprint density at radius 3 is 2.76 bits per heavy atom. The van der Waals surface area contributed by atoms with Gasteiger partial charge in [-0.2, -0.15) is 0 Å². The van der Waals surface area contributed by atoms with E-state index in [2.05, 4.69) is 10.6 Å². The summed E-state index contributed by atoms with van der Waals surface area (Å²) in [5.41, 5.74) is 0.789. The number of nitrogens with one attached hydrogen (secondary N) is 2. The van der Waals surface area contributed by atoms with Crippen molar-refractivity contribution in [3.8, 4) is 5.75 Å². The summed E-state index contributed by atoms with van der Waals surface area (Å²) in [5, 5.41) is 16.7. The Labute approximate surface area is 221 Å².